The highest BCUT2D eigenvalue weighted by Gasteiger charge is 2.29. The summed E-state index contributed by atoms with van der Waals surface area (Å²) in [5, 5.41) is 24.6. The van der Waals surface area contributed by atoms with Gasteiger partial charge in [-0.3, -0.25) is 14.9 Å². The Labute approximate surface area is 149 Å². The predicted molar refractivity (Wildman–Crippen MR) is 94.8 cm³/mol. The molecule has 1 fully saturated rings. The highest BCUT2D eigenvalue weighted by atomic mass is 16.4. The second kappa shape index (κ2) is 9.07. The first kappa shape index (κ1) is 18.8. The summed E-state index contributed by atoms with van der Waals surface area (Å²) < 4.78 is 0. The molecule has 1 heterocycles. The normalized spacial score (nSPS) is 15.3. The predicted octanol–water partition coefficient (Wildman–Crippen LogP) is 1.33. The van der Waals surface area contributed by atoms with Gasteiger partial charge in [-0.2, -0.15) is 0 Å². The van der Waals surface area contributed by atoms with E-state index in [1.807, 2.05) is 30.3 Å². The van der Waals surface area contributed by atoms with E-state index in [4.69, 9.17) is 10.2 Å². The molecule has 0 spiro atoms. The van der Waals surface area contributed by atoms with Gasteiger partial charge < -0.3 is 20.8 Å². The molecule has 1 saturated heterocycles. The molecule has 1 aliphatic heterocycles. The van der Waals surface area contributed by atoms with Gasteiger partial charge >= 0.3 is 12.0 Å². The third-order valence-corrected chi connectivity index (χ3v) is 3.45. The van der Waals surface area contributed by atoms with E-state index < -0.39 is 18.0 Å². The summed E-state index contributed by atoms with van der Waals surface area (Å²) in [5.74, 6) is -1.00. The Morgan fingerprint density at radius 2 is 1.69 bits per heavy atom. The smallest absolute Gasteiger partial charge is 0.322 e. The number of carboxylic acids is 1. The van der Waals surface area contributed by atoms with E-state index in [1.165, 1.54) is 12.1 Å². The SMILES string of the molecule is O=C(O)CNc1ccc(O)cc1.O=C1NC(=O)C(Cc2ccccc2)N1. The Morgan fingerprint density at radius 3 is 2.23 bits per heavy atom. The summed E-state index contributed by atoms with van der Waals surface area (Å²) in [4.78, 5) is 32.1. The van der Waals surface area contributed by atoms with Gasteiger partial charge in [0.2, 0.25) is 0 Å². The van der Waals surface area contributed by atoms with Crippen LogP contribution < -0.4 is 16.0 Å². The molecule has 0 aromatic heterocycles. The lowest BCUT2D eigenvalue weighted by Gasteiger charge is -2.06. The third-order valence-electron chi connectivity index (χ3n) is 3.45. The van der Waals surface area contributed by atoms with Gasteiger partial charge in [-0.15, -0.1) is 0 Å². The van der Waals surface area contributed by atoms with E-state index in [0.29, 0.717) is 12.1 Å². The molecular weight excluding hydrogens is 338 g/mol. The number of benzene rings is 2. The number of carbonyl (C=O) groups excluding carboxylic acids is 2. The van der Waals surface area contributed by atoms with Gasteiger partial charge in [0, 0.05) is 12.1 Å². The van der Waals surface area contributed by atoms with Gasteiger partial charge in [-0.05, 0) is 29.8 Å². The van der Waals surface area contributed by atoms with Crippen LogP contribution in [0.1, 0.15) is 5.56 Å². The number of aromatic hydroxyl groups is 1. The molecule has 0 radical (unpaired) electrons. The molecule has 5 N–H and O–H groups in total. The van der Waals surface area contributed by atoms with Gasteiger partial charge in [0.15, 0.2) is 0 Å². The zero-order chi connectivity index (χ0) is 18.9. The molecule has 136 valence electrons. The standard InChI is InChI=1S/C10H10N2O2.C8H9NO3/c13-9-8(11-10(14)12-9)6-7-4-2-1-3-5-7;10-7-3-1-6(2-4-7)9-5-8(11)12/h1-5,8H,6H2,(H2,11,12,13,14);1-4,9-10H,5H2,(H,11,12). The number of anilines is 1. The molecule has 1 aliphatic rings. The minimum Gasteiger partial charge on any atom is -0.508 e. The fourth-order valence-corrected chi connectivity index (χ4v) is 2.21. The Balaban J connectivity index is 0.000000190. The summed E-state index contributed by atoms with van der Waals surface area (Å²) in [7, 11) is 0. The average molecular weight is 357 g/mol. The molecule has 1 unspecified atom stereocenters. The number of rotatable bonds is 5. The van der Waals surface area contributed by atoms with Crippen LogP contribution in [0.15, 0.2) is 54.6 Å². The summed E-state index contributed by atoms with van der Waals surface area (Å²) in [6.07, 6.45) is 0.540. The van der Waals surface area contributed by atoms with Crippen LogP contribution in [0.25, 0.3) is 0 Å². The number of urea groups is 1. The first-order valence-electron chi connectivity index (χ1n) is 7.84. The molecule has 8 heteroatoms. The van der Waals surface area contributed by atoms with Crippen molar-refractivity contribution in [2.45, 2.75) is 12.5 Å². The summed E-state index contributed by atoms with van der Waals surface area (Å²) in [5.41, 5.74) is 1.71. The van der Waals surface area contributed by atoms with Gasteiger partial charge in [-0.1, -0.05) is 30.3 Å². The molecule has 3 amide bonds. The van der Waals surface area contributed by atoms with Crippen molar-refractivity contribution >= 4 is 23.6 Å². The van der Waals surface area contributed by atoms with Gasteiger partial charge in [-0.25, -0.2) is 4.79 Å². The average Bonchev–Trinajstić information content (AvgIpc) is 2.93. The van der Waals surface area contributed by atoms with Crippen molar-refractivity contribution in [3.63, 3.8) is 0 Å². The Morgan fingerprint density at radius 1 is 1.04 bits per heavy atom. The maximum absolute atomic E-state index is 11.2. The van der Waals surface area contributed by atoms with Crippen molar-refractivity contribution in [2.24, 2.45) is 0 Å². The van der Waals surface area contributed by atoms with E-state index >= 15 is 0 Å². The van der Waals surface area contributed by atoms with E-state index in [9.17, 15) is 14.4 Å². The third kappa shape index (κ3) is 6.16. The van der Waals surface area contributed by atoms with Crippen LogP contribution in [0.4, 0.5) is 10.5 Å². The Hall–Kier alpha value is -3.55. The van der Waals surface area contributed by atoms with Crippen LogP contribution >= 0.6 is 0 Å². The number of aliphatic carboxylic acids is 1. The van der Waals surface area contributed by atoms with Crippen molar-refractivity contribution in [1.29, 1.82) is 0 Å². The summed E-state index contributed by atoms with van der Waals surface area (Å²) in [6.45, 7) is -0.120. The molecule has 3 rings (SSSR count). The fourth-order valence-electron chi connectivity index (χ4n) is 2.21. The first-order valence-corrected chi connectivity index (χ1v) is 7.84. The van der Waals surface area contributed by atoms with Gasteiger partial charge in [0.25, 0.3) is 5.91 Å². The first-order chi connectivity index (χ1) is 12.4. The van der Waals surface area contributed by atoms with Crippen LogP contribution in [-0.4, -0.2) is 40.7 Å². The molecule has 2 aromatic rings. The van der Waals surface area contributed by atoms with Crippen LogP contribution in [0.2, 0.25) is 0 Å². The van der Waals surface area contributed by atoms with E-state index in [1.54, 1.807) is 12.1 Å². The molecular formula is C18H19N3O5. The lowest BCUT2D eigenvalue weighted by atomic mass is 10.1. The van der Waals surface area contributed by atoms with E-state index in [-0.39, 0.29) is 18.2 Å². The van der Waals surface area contributed by atoms with Crippen LogP contribution in [0.3, 0.4) is 0 Å². The van der Waals surface area contributed by atoms with E-state index in [2.05, 4.69) is 16.0 Å². The molecule has 1 atom stereocenters. The topological polar surface area (TPSA) is 128 Å². The van der Waals surface area contributed by atoms with Gasteiger partial charge in [0.05, 0.1) is 0 Å². The molecule has 2 aromatic carbocycles. The highest BCUT2D eigenvalue weighted by molar-refractivity contribution is 6.04. The quantitative estimate of drug-likeness (QED) is 0.406. The Kier molecular flexibility index (Phi) is 6.55. The largest absolute Gasteiger partial charge is 0.508 e. The lowest BCUT2D eigenvalue weighted by Crippen LogP contribution is -2.30. The minimum absolute atomic E-state index is 0.120. The molecule has 8 nitrogen and oxygen atoms in total. The molecule has 0 aliphatic carbocycles. The zero-order valence-electron chi connectivity index (χ0n) is 13.8. The maximum atomic E-state index is 11.2. The number of phenols is 1. The number of carboxylic acid groups (broad SMARTS) is 1. The zero-order valence-corrected chi connectivity index (χ0v) is 13.8. The monoisotopic (exact) mass is 357 g/mol. The number of nitrogens with one attached hydrogen (secondary N) is 3. The van der Waals surface area contributed by atoms with Crippen LogP contribution in [0.5, 0.6) is 5.75 Å². The van der Waals surface area contributed by atoms with Crippen molar-refractivity contribution in [2.75, 3.05) is 11.9 Å². The van der Waals surface area contributed by atoms with Crippen LogP contribution in [0, 0.1) is 0 Å². The maximum Gasteiger partial charge on any atom is 0.322 e. The number of imide groups is 1. The number of hydrogen-bond acceptors (Lipinski definition) is 5. The van der Waals surface area contributed by atoms with Crippen LogP contribution in [-0.2, 0) is 16.0 Å². The number of carbonyl (C=O) groups is 3. The molecule has 0 bridgehead atoms. The van der Waals surface area contributed by atoms with E-state index in [0.717, 1.165) is 5.56 Å². The minimum atomic E-state index is -0.914. The number of phenolic OH excluding ortho intramolecular Hbond substituents is 1. The number of hydrogen-bond donors (Lipinski definition) is 5. The molecule has 26 heavy (non-hydrogen) atoms. The van der Waals surface area contributed by atoms with Crippen molar-refractivity contribution in [3.8, 4) is 5.75 Å². The fraction of sp³-hybridized carbons (Fsp3) is 0.167. The summed E-state index contributed by atoms with van der Waals surface area (Å²) >= 11 is 0. The Bertz CT molecular complexity index is 762. The second-order valence-electron chi connectivity index (χ2n) is 5.50. The lowest BCUT2D eigenvalue weighted by molar-refractivity contribution is -0.135. The highest BCUT2D eigenvalue weighted by Crippen LogP contribution is 2.13. The summed E-state index contributed by atoms with van der Waals surface area (Å²) in [6, 6.07) is 15.0. The van der Waals surface area contributed by atoms with Gasteiger partial charge in [0.1, 0.15) is 18.3 Å². The van der Waals surface area contributed by atoms with Crippen molar-refractivity contribution in [1.82, 2.24) is 10.6 Å². The molecule has 0 saturated carbocycles. The van der Waals surface area contributed by atoms with Crippen molar-refractivity contribution in [3.05, 3.63) is 60.2 Å². The van der Waals surface area contributed by atoms with Crippen molar-refractivity contribution < 1.29 is 24.6 Å². The number of amides is 3. The second-order valence-corrected chi connectivity index (χ2v) is 5.50.